The number of para-hydroxylation sites is 1. The Morgan fingerprint density at radius 2 is 2.00 bits per heavy atom. The van der Waals surface area contributed by atoms with Crippen molar-refractivity contribution in [2.45, 2.75) is 18.4 Å². The molecule has 0 saturated heterocycles. The quantitative estimate of drug-likeness (QED) is 0.712. The molecule has 0 saturated carbocycles. The van der Waals surface area contributed by atoms with Gasteiger partial charge >= 0.3 is 5.97 Å². The summed E-state index contributed by atoms with van der Waals surface area (Å²) in [5, 5.41) is 3.49. The summed E-state index contributed by atoms with van der Waals surface area (Å²) in [5.41, 5.74) is 0.509. The first-order chi connectivity index (χ1) is 10.9. The van der Waals surface area contributed by atoms with Crippen molar-refractivity contribution in [1.82, 2.24) is 5.16 Å². The molecule has 8 heteroatoms. The minimum absolute atomic E-state index is 0.0626. The van der Waals surface area contributed by atoms with Crippen LogP contribution < -0.4 is 4.74 Å². The number of benzene rings is 1. The Hall–Kier alpha value is -2.35. The molecule has 0 amide bonds. The monoisotopic (exact) mass is 339 g/mol. The molecule has 2 aromatic rings. The molecule has 2 rings (SSSR count). The van der Waals surface area contributed by atoms with Gasteiger partial charge in [-0.25, -0.2) is 13.2 Å². The first kappa shape index (κ1) is 17.0. The normalized spacial score (nSPS) is 11.2. The van der Waals surface area contributed by atoms with E-state index in [1.807, 2.05) is 6.92 Å². The number of carbonyl (C=O) groups is 1. The largest absolute Gasteiger partial charge is 0.494 e. The summed E-state index contributed by atoms with van der Waals surface area (Å²) in [6.07, 6.45) is 0. The number of methoxy groups -OCH3 is 1. The summed E-state index contributed by atoms with van der Waals surface area (Å²) in [6.45, 7) is 2.27. The molecule has 23 heavy (non-hydrogen) atoms. The van der Waals surface area contributed by atoms with Crippen molar-refractivity contribution in [1.29, 1.82) is 0 Å². The fourth-order valence-electron chi connectivity index (χ4n) is 2.01. The lowest BCUT2D eigenvalue weighted by molar-refractivity contribution is 0.0589. The molecule has 0 fully saturated rings. The molecule has 1 aromatic carbocycles. The SMILES string of the molecule is CCOc1ccccc1CS(=O)(=O)Cc1cc(C(=O)OC)no1. The predicted octanol–water partition coefficient (Wildman–Crippen LogP) is 1.97. The van der Waals surface area contributed by atoms with E-state index < -0.39 is 15.8 Å². The standard InChI is InChI=1S/C15H17NO6S/c1-3-21-14-7-5-4-6-11(14)9-23(18,19)10-12-8-13(16-22-12)15(17)20-2/h4-8H,3,9-10H2,1-2H3. The average molecular weight is 339 g/mol. The van der Waals surface area contributed by atoms with Gasteiger partial charge in [0, 0.05) is 11.6 Å². The summed E-state index contributed by atoms with van der Waals surface area (Å²) < 4.78 is 39.4. The summed E-state index contributed by atoms with van der Waals surface area (Å²) in [6, 6.07) is 8.20. The number of carbonyl (C=O) groups excluding carboxylic acids is 1. The van der Waals surface area contributed by atoms with Crippen LogP contribution in [0.5, 0.6) is 5.75 Å². The number of aromatic nitrogens is 1. The van der Waals surface area contributed by atoms with E-state index in [1.165, 1.54) is 13.2 Å². The highest BCUT2D eigenvalue weighted by atomic mass is 32.2. The smallest absolute Gasteiger partial charge is 0.360 e. The van der Waals surface area contributed by atoms with Crippen molar-refractivity contribution >= 4 is 15.8 Å². The van der Waals surface area contributed by atoms with Crippen LogP contribution in [0, 0.1) is 0 Å². The van der Waals surface area contributed by atoms with E-state index in [0.29, 0.717) is 17.9 Å². The van der Waals surface area contributed by atoms with Crippen molar-refractivity contribution in [2.75, 3.05) is 13.7 Å². The van der Waals surface area contributed by atoms with Crippen molar-refractivity contribution in [3.63, 3.8) is 0 Å². The second kappa shape index (κ2) is 7.28. The molecule has 7 nitrogen and oxygen atoms in total. The molecule has 0 aliphatic heterocycles. The molecule has 124 valence electrons. The highest BCUT2D eigenvalue weighted by Gasteiger charge is 2.20. The highest BCUT2D eigenvalue weighted by Crippen LogP contribution is 2.22. The Bertz CT molecular complexity index is 781. The molecule has 1 heterocycles. The molecular weight excluding hydrogens is 322 g/mol. The number of hydrogen-bond donors (Lipinski definition) is 0. The molecule has 0 atom stereocenters. The van der Waals surface area contributed by atoms with E-state index in [1.54, 1.807) is 24.3 Å². The molecule has 0 unspecified atom stereocenters. The first-order valence-electron chi connectivity index (χ1n) is 6.90. The van der Waals surface area contributed by atoms with Crippen molar-refractivity contribution < 1.29 is 27.2 Å². The number of rotatable bonds is 7. The van der Waals surface area contributed by atoms with Crippen molar-refractivity contribution in [3.05, 3.63) is 47.3 Å². The van der Waals surface area contributed by atoms with Gasteiger partial charge in [0.1, 0.15) is 11.5 Å². The molecule has 1 aromatic heterocycles. The van der Waals surface area contributed by atoms with Gasteiger partial charge in [0.2, 0.25) is 0 Å². The third-order valence-corrected chi connectivity index (χ3v) is 4.44. The van der Waals surface area contributed by atoms with Gasteiger partial charge in [-0.05, 0) is 13.0 Å². The fourth-order valence-corrected chi connectivity index (χ4v) is 3.39. The van der Waals surface area contributed by atoms with Crippen LogP contribution in [0.15, 0.2) is 34.9 Å². The van der Waals surface area contributed by atoms with Gasteiger partial charge in [-0.3, -0.25) is 0 Å². The van der Waals surface area contributed by atoms with Gasteiger partial charge in [0.25, 0.3) is 0 Å². The Morgan fingerprint density at radius 3 is 2.70 bits per heavy atom. The van der Waals surface area contributed by atoms with Crippen LogP contribution in [-0.2, 0) is 26.1 Å². The van der Waals surface area contributed by atoms with E-state index in [-0.39, 0.29) is 23.0 Å². The number of ether oxygens (including phenoxy) is 2. The summed E-state index contributed by atoms with van der Waals surface area (Å²) in [7, 11) is -2.31. The van der Waals surface area contributed by atoms with Gasteiger partial charge < -0.3 is 14.0 Å². The second-order valence-electron chi connectivity index (χ2n) is 4.74. The Kier molecular flexibility index (Phi) is 5.38. The first-order valence-corrected chi connectivity index (χ1v) is 8.72. The Balaban J connectivity index is 2.14. The maximum Gasteiger partial charge on any atom is 0.360 e. The van der Waals surface area contributed by atoms with Crippen LogP contribution in [0.3, 0.4) is 0 Å². The minimum Gasteiger partial charge on any atom is -0.494 e. The summed E-state index contributed by atoms with van der Waals surface area (Å²) in [5.74, 6) is -0.626. The Labute approximate surface area is 134 Å². The van der Waals surface area contributed by atoms with E-state index in [2.05, 4.69) is 9.89 Å². The molecule has 0 aliphatic rings. The number of esters is 1. The van der Waals surface area contributed by atoms with Gasteiger partial charge in [0.15, 0.2) is 21.3 Å². The zero-order valence-corrected chi connectivity index (χ0v) is 13.6. The lowest BCUT2D eigenvalue weighted by Crippen LogP contribution is -2.09. The highest BCUT2D eigenvalue weighted by molar-refractivity contribution is 7.89. The molecular formula is C15H17NO6S. The Morgan fingerprint density at radius 1 is 1.26 bits per heavy atom. The third kappa shape index (κ3) is 4.56. The van der Waals surface area contributed by atoms with Crippen LogP contribution in [0.25, 0.3) is 0 Å². The minimum atomic E-state index is -3.51. The van der Waals surface area contributed by atoms with Gasteiger partial charge in [-0.15, -0.1) is 0 Å². The van der Waals surface area contributed by atoms with E-state index in [0.717, 1.165) is 0 Å². The average Bonchev–Trinajstić information content (AvgIpc) is 2.96. The van der Waals surface area contributed by atoms with Crippen molar-refractivity contribution in [3.8, 4) is 5.75 Å². The van der Waals surface area contributed by atoms with Gasteiger partial charge in [0.05, 0.1) is 19.5 Å². The number of hydrogen-bond acceptors (Lipinski definition) is 7. The van der Waals surface area contributed by atoms with Crippen LogP contribution in [0.4, 0.5) is 0 Å². The molecule has 0 aliphatic carbocycles. The van der Waals surface area contributed by atoms with E-state index >= 15 is 0 Å². The van der Waals surface area contributed by atoms with Crippen LogP contribution >= 0.6 is 0 Å². The molecule has 0 radical (unpaired) electrons. The van der Waals surface area contributed by atoms with E-state index in [9.17, 15) is 13.2 Å². The van der Waals surface area contributed by atoms with Gasteiger partial charge in [-0.2, -0.15) is 0 Å². The zero-order chi connectivity index (χ0) is 16.9. The second-order valence-corrected chi connectivity index (χ2v) is 6.81. The summed E-state index contributed by atoms with van der Waals surface area (Å²) in [4.78, 5) is 11.3. The lowest BCUT2D eigenvalue weighted by Gasteiger charge is -2.09. The molecule has 0 spiro atoms. The topological polar surface area (TPSA) is 95.7 Å². The maximum atomic E-state index is 12.3. The fraction of sp³-hybridized carbons (Fsp3) is 0.333. The van der Waals surface area contributed by atoms with E-state index in [4.69, 9.17) is 9.26 Å². The maximum absolute atomic E-state index is 12.3. The van der Waals surface area contributed by atoms with Crippen LogP contribution in [-0.4, -0.2) is 33.3 Å². The lowest BCUT2D eigenvalue weighted by atomic mass is 10.2. The molecule has 0 N–H and O–H groups in total. The zero-order valence-electron chi connectivity index (χ0n) is 12.8. The number of sulfone groups is 1. The number of nitrogens with zero attached hydrogens (tertiary/aromatic N) is 1. The third-order valence-electron chi connectivity index (χ3n) is 2.96. The van der Waals surface area contributed by atoms with Gasteiger partial charge in [-0.1, -0.05) is 23.4 Å². The molecule has 0 bridgehead atoms. The predicted molar refractivity (Wildman–Crippen MR) is 81.8 cm³/mol. The summed E-state index contributed by atoms with van der Waals surface area (Å²) >= 11 is 0. The van der Waals surface area contributed by atoms with Crippen molar-refractivity contribution in [2.24, 2.45) is 0 Å². The van der Waals surface area contributed by atoms with Crippen LogP contribution in [0.1, 0.15) is 28.7 Å². The van der Waals surface area contributed by atoms with Crippen LogP contribution in [0.2, 0.25) is 0 Å².